The first-order valence-corrected chi connectivity index (χ1v) is 9.45. The Morgan fingerprint density at radius 2 is 1.94 bits per heavy atom. The van der Waals surface area contributed by atoms with Crippen molar-refractivity contribution in [2.45, 2.75) is 26.3 Å². The topological polar surface area (TPSA) is 73.5 Å². The smallest absolute Gasteiger partial charge is 0.433 e. The van der Waals surface area contributed by atoms with Gasteiger partial charge in [0, 0.05) is 24.6 Å². The van der Waals surface area contributed by atoms with Crippen LogP contribution in [0, 0.1) is 0 Å². The molecule has 0 aliphatic carbocycles. The number of halogens is 3. The summed E-state index contributed by atoms with van der Waals surface area (Å²) in [7, 11) is 0. The van der Waals surface area contributed by atoms with Crippen LogP contribution in [0.2, 0.25) is 0 Å². The summed E-state index contributed by atoms with van der Waals surface area (Å²) >= 11 is 0. The molecule has 4 rings (SSSR count). The van der Waals surface area contributed by atoms with Gasteiger partial charge in [0.1, 0.15) is 18.0 Å². The Hall–Kier alpha value is -3.82. The molecule has 0 unspecified atom stereocenters. The highest BCUT2D eigenvalue weighted by atomic mass is 19.4. The summed E-state index contributed by atoms with van der Waals surface area (Å²) < 4.78 is 48.3. The van der Waals surface area contributed by atoms with Gasteiger partial charge in [-0.2, -0.15) is 18.3 Å². The number of pyridine rings is 1. The molecule has 7 nitrogen and oxygen atoms in total. The summed E-state index contributed by atoms with van der Waals surface area (Å²) in [6, 6.07) is 12.0. The number of aryl methyl sites for hydroxylation is 1. The quantitative estimate of drug-likeness (QED) is 0.493. The minimum Gasteiger partial charge on any atom is -0.487 e. The van der Waals surface area contributed by atoms with Gasteiger partial charge < -0.3 is 14.5 Å². The Morgan fingerprint density at radius 1 is 1.16 bits per heavy atom. The molecule has 0 atom stereocenters. The standard InChI is InChI=1S/C21H18F3N5O2/c1-2-29-19(21(22,23)24)17(11-25-29)20(30)27-14-6-8-16(9-7-14)31-13-15-12-28-10-4-3-5-18(28)26-15/h3-12H,2,13H2,1H3,(H,27,30). The number of nitrogens with zero attached hydrogens (tertiary/aromatic N) is 4. The van der Waals surface area contributed by atoms with Gasteiger partial charge in [0.25, 0.3) is 5.91 Å². The van der Waals surface area contributed by atoms with Gasteiger partial charge in [-0.15, -0.1) is 0 Å². The van der Waals surface area contributed by atoms with Crippen molar-refractivity contribution in [3.05, 3.63) is 78.0 Å². The second-order valence-electron chi connectivity index (χ2n) is 6.69. The van der Waals surface area contributed by atoms with E-state index in [2.05, 4.69) is 15.4 Å². The molecule has 0 saturated heterocycles. The van der Waals surface area contributed by atoms with Crippen LogP contribution in [0.4, 0.5) is 18.9 Å². The van der Waals surface area contributed by atoms with Gasteiger partial charge in [-0.1, -0.05) is 6.07 Å². The summed E-state index contributed by atoms with van der Waals surface area (Å²) in [5.41, 5.74) is 0.295. The molecule has 0 saturated carbocycles. The van der Waals surface area contributed by atoms with Crippen molar-refractivity contribution < 1.29 is 22.7 Å². The Balaban J connectivity index is 1.42. The Morgan fingerprint density at radius 3 is 2.61 bits per heavy atom. The van der Waals surface area contributed by atoms with Crippen LogP contribution in [-0.2, 0) is 19.3 Å². The number of amides is 1. The van der Waals surface area contributed by atoms with Crippen LogP contribution in [0.15, 0.2) is 61.1 Å². The molecule has 0 aliphatic heterocycles. The van der Waals surface area contributed by atoms with E-state index in [0.29, 0.717) is 11.4 Å². The van der Waals surface area contributed by atoms with Gasteiger partial charge >= 0.3 is 6.18 Å². The summed E-state index contributed by atoms with van der Waals surface area (Å²) in [6.07, 6.45) is -0.0147. The van der Waals surface area contributed by atoms with Crippen molar-refractivity contribution in [1.82, 2.24) is 19.2 Å². The number of benzene rings is 1. The Kier molecular flexibility index (Phi) is 5.37. The average Bonchev–Trinajstić information content (AvgIpc) is 3.37. The summed E-state index contributed by atoms with van der Waals surface area (Å²) in [5.74, 6) is -0.352. The van der Waals surface area contributed by atoms with Gasteiger partial charge in [-0.3, -0.25) is 9.48 Å². The number of aromatic nitrogens is 4. The maximum absolute atomic E-state index is 13.3. The molecule has 31 heavy (non-hydrogen) atoms. The van der Waals surface area contributed by atoms with E-state index in [4.69, 9.17) is 4.74 Å². The van der Waals surface area contributed by atoms with E-state index in [1.165, 1.54) is 6.92 Å². The molecule has 3 aromatic heterocycles. The molecule has 0 radical (unpaired) electrons. The number of imidazole rings is 1. The molecule has 160 valence electrons. The molecule has 1 N–H and O–H groups in total. The molecule has 3 heterocycles. The lowest BCUT2D eigenvalue weighted by Gasteiger charge is -2.12. The normalized spacial score (nSPS) is 11.6. The van der Waals surface area contributed by atoms with Crippen molar-refractivity contribution in [3.63, 3.8) is 0 Å². The Labute approximate surface area is 175 Å². The summed E-state index contributed by atoms with van der Waals surface area (Å²) in [4.78, 5) is 16.8. The van der Waals surface area contributed by atoms with Gasteiger partial charge in [-0.05, 0) is 43.3 Å². The van der Waals surface area contributed by atoms with Crippen molar-refractivity contribution >= 4 is 17.2 Å². The van der Waals surface area contributed by atoms with Gasteiger partial charge in [0.2, 0.25) is 0 Å². The van der Waals surface area contributed by atoms with E-state index in [9.17, 15) is 18.0 Å². The number of rotatable bonds is 6. The van der Waals surface area contributed by atoms with Crippen LogP contribution in [0.25, 0.3) is 5.65 Å². The number of hydrogen-bond acceptors (Lipinski definition) is 4. The summed E-state index contributed by atoms with van der Waals surface area (Å²) in [5, 5.41) is 6.12. The number of nitrogens with one attached hydrogen (secondary N) is 1. The predicted octanol–water partition coefficient (Wildman–Crippen LogP) is 4.40. The van der Waals surface area contributed by atoms with Crippen molar-refractivity contribution in [1.29, 1.82) is 0 Å². The van der Waals surface area contributed by atoms with Crippen LogP contribution in [-0.4, -0.2) is 25.1 Å². The monoisotopic (exact) mass is 429 g/mol. The molecule has 0 bridgehead atoms. The molecular weight excluding hydrogens is 411 g/mol. The third kappa shape index (κ3) is 4.37. The maximum Gasteiger partial charge on any atom is 0.433 e. The number of carbonyl (C=O) groups is 1. The first-order chi connectivity index (χ1) is 14.8. The average molecular weight is 429 g/mol. The lowest BCUT2D eigenvalue weighted by atomic mass is 10.2. The number of hydrogen-bond donors (Lipinski definition) is 1. The van der Waals surface area contributed by atoms with E-state index in [0.717, 1.165) is 22.2 Å². The second kappa shape index (κ2) is 8.13. The fourth-order valence-corrected chi connectivity index (χ4v) is 3.14. The lowest BCUT2D eigenvalue weighted by molar-refractivity contribution is -0.144. The largest absolute Gasteiger partial charge is 0.487 e. The molecular formula is C21H18F3N5O2. The van der Waals surface area contributed by atoms with Crippen molar-refractivity contribution in [3.8, 4) is 5.75 Å². The molecule has 10 heteroatoms. The van der Waals surface area contributed by atoms with Gasteiger partial charge in [0.05, 0.1) is 17.5 Å². The van der Waals surface area contributed by atoms with E-state index in [1.54, 1.807) is 24.3 Å². The number of alkyl halides is 3. The molecule has 0 fully saturated rings. The minimum absolute atomic E-state index is 0.000464. The highest BCUT2D eigenvalue weighted by molar-refractivity contribution is 6.05. The Bertz CT molecular complexity index is 1180. The fraction of sp³-hybridized carbons (Fsp3) is 0.190. The lowest BCUT2D eigenvalue weighted by Crippen LogP contribution is -2.21. The van der Waals surface area contributed by atoms with Crippen LogP contribution >= 0.6 is 0 Å². The van der Waals surface area contributed by atoms with E-state index in [1.807, 2.05) is 35.0 Å². The predicted molar refractivity (Wildman–Crippen MR) is 107 cm³/mol. The van der Waals surface area contributed by atoms with Crippen LogP contribution in [0.5, 0.6) is 5.75 Å². The third-order valence-corrected chi connectivity index (χ3v) is 4.56. The highest BCUT2D eigenvalue weighted by Crippen LogP contribution is 2.32. The van der Waals surface area contributed by atoms with E-state index in [-0.39, 0.29) is 13.2 Å². The molecule has 4 aromatic rings. The highest BCUT2D eigenvalue weighted by Gasteiger charge is 2.39. The van der Waals surface area contributed by atoms with Gasteiger partial charge in [-0.25, -0.2) is 4.98 Å². The zero-order chi connectivity index (χ0) is 22.0. The first kappa shape index (κ1) is 20.5. The maximum atomic E-state index is 13.3. The third-order valence-electron chi connectivity index (χ3n) is 4.56. The zero-order valence-corrected chi connectivity index (χ0v) is 16.4. The van der Waals surface area contributed by atoms with E-state index >= 15 is 0 Å². The zero-order valence-electron chi connectivity index (χ0n) is 16.4. The summed E-state index contributed by atoms with van der Waals surface area (Å²) in [6.45, 7) is 1.77. The number of anilines is 1. The molecule has 0 spiro atoms. The first-order valence-electron chi connectivity index (χ1n) is 9.45. The van der Waals surface area contributed by atoms with Crippen LogP contribution in [0.3, 0.4) is 0 Å². The molecule has 0 aliphatic rings. The molecule has 1 aromatic carbocycles. The number of fused-ring (bicyclic) bond motifs is 1. The van der Waals surface area contributed by atoms with Crippen LogP contribution < -0.4 is 10.1 Å². The fourth-order valence-electron chi connectivity index (χ4n) is 3.14. The minimum atomic E-state index is -4.69. The van der Waals surface area contributed by atoms with Crippen molar-refractivity contribution in [2.24, 2.45) is 0 Å². The SMILES string of the molecule is CCn1ncc(C(=O)Nc2ccc(OCc3cn4ccccc4n3)cc2)c1C(F)(F)F. The van der Waals surface area contributed by atoms with Crippen molar-refractivity contribution in [2.75, 3.05) is 5.32 Å². The molecule has 1 amide bonds. The number of ether oxygens (including phenoxy) is 1. The van der Waals surface area contributed by atoms with E-state index < -0.39 is 23.3 Å². The van der Waals surface area contributed by atoms with Gasteiger partial charge in [0.15, 0.2) is 5.69 Å². The number of carbonyl (C=O) groups excluding carboxylic acids is 1. The van der Waals surface area contributed by atoms with Crippen LogP contribution in [0.1, 0.15) is 28.7 Å². The second-order valence-corrected chi connectivity index (χ2v) is 6.69.